The summed E-state index contributed by atoms with van der Waals surface area (Å²) in [7, 11) is 3.20. The SMILES string of the molecule is COc1cc(C)c(NCC#N)c(OC)c1. The number of nitriles is 1. The van der Waals surface area contributed by atoms with Gasteiger partial charge in [-0.3, -0.25) is 0 Å². The van der Waals surface area contributed by atoms with Crippen molar-refractivity contribution in [3.8, 4) is 17.6 Å². The highest BCUT2D eigenvalue weighted by Crippen LogP contribution is 2.32. The third kappa shape index (κ3) is 2.53. The number of hydrogen-bond donors (Lipinski definition) is 1. The molecule has 0 bridgehead atoms. The maximum absolute atomic E-state index is 8.50. The quantitative estimate of drug-likeness (QED) is 0.765. The maximum Gasteiger partial charge on any atom is 0.145 e. The van der Waals surface area contributed by atoms with Gasteiger partial charge in [0.25, 0.3) is 0 Å². The summed E-state index contributed by atoms with van der Waals surface area (Å²) < 4.78 is 10.3. The van der Waals surface area contributed by atoms with Gasteiger partial charge >= 0.3 is 0 Å². The minimum atomic E-state index is 0.254. The van der Waals surface area contributed by atoms with Crippen molar-refractivity contribution in [3.05, 3.63) is 17.7 Å². The Bertz CT molecular complexity index is 383. The molecule has 0 saturated carbocycles. The van der Waals surface area contributed by atoms with Gasteiger partial charge in [-0.2, -0.15) is 5.26 Å². The highest BCUT2D eigenvalue weighted by atomic mass is 16.5. The molecule has 0 unspecified atom stereocenters. The maximum atomic E-state index is 8.50. The number of nitrogens with zero attached hydrogens (tertiary/aromatic N) is 1. The number of nitrogens with one attached hydrogen (secondary N) is 1. The molecule has 4 heteroatoms. The van der Waals surface area contributed by atoms with Gasteiger partial charge in [-0.05, 0) is 18.6 Å². The summed E-state index contributed by atoms with van der Waals surface area (Å²) in [6.07, 6.45) is 0. The Labute approximate surface area is 89.4 Å². The summed E-state index contributed by atoms with van der Waals surface area (Å²) >= 11 is 0. The molecule has 80 valence electrons. The molecule has 0 aliphatic carbocycles. The summed E-state index contributed by atoms with van der Waals surface area (Å²) in [5.74, 6) is 1.42. The molecule has 0 heterocycles. The number of rotatable bonds is 4. The predicted molar refractivity (Wildman–Crippen MR) is 58.4 cm³/mol. The zero-order valence-corrected chi connectivity index (χ0v) is 9.13. The lowest BCUT2D eigenvalue weighted by atomic mass is 10.1. The monoisotopic (exact) mass is 206 g/mol. The fraction of sp³-hybridized carbons (Fsp3) is 0.364. The van der Waals surface area contributed by atoms with Gasteiger partial charge in [-0.15, -0.1) is 0 Å². The second-order valence-electron chi connectivity index (χ2n) is 3.03. The van der Waals surface area contributed by atoms with Crippen LogP contribution in [0.15, 0.2) is 12.1 Å². The van der Waals surface area contributed by atoms with Gasteiger partial charge in [0.05, 0.1) is 26.0 Å². The Morgan fingerprint density at radius 1 is 1.33 bits per heavy atom. The summed E-state index contributed by atoms with van der Waals surface area (Å²) in [4.78, 5) is 0. The topological polar surface area (TPSA) is 54.3 Å². The Morgan fingerprint density at radius 3 is 2.60 bits per heavy atom. The molecule has 0 fully saturated rings. The van der Waals surface area contributed by atoms with Crippen molar-refractivity contribution in [3.63, 3.8) is 0 Å². The molecule has 0 aromatic heterocycles. The molecule has 0 atom stereocenters. The first-order valence-corrected chi connectivity index (χ1v) is 4.56. The van der Waals surface area contributed by atoms with E-state index in [9.17, 15) is 0 Å². The molecule has 1 aromatic rings. The normalized spacial score (nSPS) is 9.20. The summed E-state index contributed by atoms with van der Waals surface area (Å²) in [6.45, 7) is 2.19. The van der Waals surface area contributed by atoms with E-state index < -0.39 is 0 Å². The number of aryl methyl sites for hydroxylation is 1. The van der Waals surface area contributed by atoms with E-state index in [-0.39, 0.29) is 6.54 Å². The molecule has 0 amide bonds. The largest absolute Gasteiger partial charge is 0.497 e. The van der Waals surface area contributed by atoms with E-state index in [0.29, 0.717) is 5.75 Å². The lowest BCUT2D eigenvalue weighted by Gasteiger charge is -2.13. The summed E-state index contributed by atoms with van der Waals surface area (Å²) in [5.41, 5.74) is 1.82. The first-order chi connectivity index (χ1) is 7.22. The highest BCUT2D eigenvalue weighted by Gasteiger charge is 2.08. The molecule has 0 radical (unpaired) electrons. The molecular weight excluding hydrogens is 192 g/mol. The number of methoxy groups -OCH3 is 2. The molecule has 0 aliphatic rings. The lowest BCUT2D eigenvalue weighted by molar-refractivity contribution is 0.395. The molecule has 0 saturated heterocycles. The van der Waals surface area contributed by atoms with Crippen molar-refractivity contribution in [2.24, 2.45) is 0 Å². The van der Waals surface area contributed by atoms with Crippen LogP contribution < -0.4 is 14.8 Å². The van der Waals surface area contributed by atoms with Gasteiger partial charge in [0.2, 0.25) is 0 Å². The Kier molecular flexibility index (Phi) is 3.81. The Morgan fingerprint density at radius 2 is 2.07 bits per heavy atom. The molecule has 0 aliphatic heterocycles. The van der Waals surface area contributed by atoms with Gasteiger partial charge in [0.15, 0.2) is 0 Å². The standard InChI is InChI=1S/C11H14N2O2/c1-8-6-9(14-2)7-10(15-3)11(8)13-5-4-12/h6-7,13H,5H2,1-3H3. The van der Waals surface area contributed by atoms with E-state index in [1.54, 1.807) is 20.3 Å². The van der Waals surface area contributed by atoms with Crippen LogP contribution in [0.3, 0.4) is 0 Å². The number of anilines is 1. The Balaban J connectivity index is 3.08. The third-order valence-corrected chi connectivity index (χ3v) is 2.07. The first-order valence-electron chi connectivity index (χ1n) is 4.56. The molecular formula is C11H14N2O2. The van der Waals surface area contributed by atoms with Crippen molar-refractivity contribution < 1.29 is 9.47 Å². The minimum Gasteiger partial charge on any atom is -0.497 e. The average molecular weight is 206 g/mol. The van der Waals surface area contributed by atoms with Crippen LogP contribution in [0.5, 0.6) is 11.5 Å². The average Bonchev–Trinajstić information content (AvgIpc) is 2.26. The van der Waals surface area contributed by atoms with Crippen LogP contribution in [-0.2, 0) is 0 Å². The van der Waals surface area contributed by atoms with Gasteiger partial charge in [-0.25, -0.2) is 0 Å². The summed E-state index contributed by atoms with van der Waals surface area (Å²) in [5, 5.41) is 11.5. The van der Waals surface area contributed by atoms with Gasteiger partial charge in [-0.1, -0.05) is 0 Å². The van der Waals surface area contributed by atoms with Crippen molar-refractivity contribution >= 4 is 5.69 Å². The van der Waals surface area contributed by atoms with Gasteiger partial charge < -0.3 is 14.8 Å². The predicted octanol–water partition coefficient (Wildman–Crippen LogP) is 1.95. The molecule has 1 rings (SSSR count). The molecule has 4 nitrogen and oxygen atoms in total. The van der Waals surface area contributed by atoms with E-state index in [4.69, 9.17) is 14.7 Å². The van der Waals surface area contributed by atoms with Crippen molar-refractivity contribution in [1.29, 1.82) is 5.26 Å². The van der Waals surface area contributed by atoms with E-state index in [1.165, 1.54) is 0 Å². The van der Waals surface area contributed by atoms with Crippen LogP contribution in [0.25, 0.3) is 0 Å². The van der Waals surface area contributed by atoms with Crippen LogP contribution in [0.1, 0.15) is 5.56 Å². The van der Waals surface area contributed by atoms with Crippen LogP contribution in [0.2, 0.25) is 0 Å². The zero-order valence-electron chi connectivity index (χ0n) is 9.13. The molecule has 15 heavy (non-hydrogen) atoms. The fourth-order valence-corrected chi connectivity index (χ4v) is 1.36. The van der Waals surface area contributed by atoms with Crippen LogP contribution in [-0.4, -0.2) is 20.8 Å². The van der Waals surface area contributed by atoms with Crippen LogP contribution in [0, 0.1) is 18.3 Å². The number of hydrogen-bond acceptors (Lipinski definition) is 4. The Hall–Kier alpha value is -1.89. The second-order valence-corrected chi connectivity index (χ2v) is 3.03. The lowest BCUT2D eigenvalue weighted by Crippen LogP contribution is -2.03. The van der Waals surface area contributed by atoms with E-state index in [2.05, 4.69) is 5.32 Å². The van der Waals surface area contributed by atoms with E-state index in [1.807, 2.05) is 19.1 Å². The van der Waals surface area contributed by atoms with Gasteiger partial charge in [0.1, 0.15) is 18.0 Å². The highest BCUT2D eigenvalue weighted by molar-refractivity contribution is 5.64. The summed E-state index contributed by atoms with van der Waals surface area (Å²) in [6, 6.07) is 5.70. The van der Waals surface area contributed by atoms with E-state index >= 15 is 0 Å². The van der Waals surface area contributed by atoms with Crippen LogP contribution in [0.4, 0.5) is 5.69 Å². The van der Waals surface area contributed by atoms with Crippen molar-refractivity contribution in [1.82, 2.24) is 0 Å². The molecule has 1 aromatic carbocycles. The van der Waals surface area contributed by atoms with Crippen LogP contribution >= 0.6 is 0 Å². The third-order valence-electron chi connectivity index (χ3n) is 2.07. The number of benzene rings is 1. The second kappa shape index (κ2) is 5.11. The number of ether oxygens (including phenoxy) is 2. The van der Waals surface area contributed by atoms with Gasteiger partial charge in [0, 0.05) is 6.07 Å². The molecule has 1 N–H and O–H groups in total. The smallest absolute Gasteiger partial charge is 0.145 e. The van der Waals surface area contributed by atoms with Crippen molar-refractivity contribution in [2.45, 2.75) is 6.92 Å². The fourth-order valence-electron chi connectivity index (χ4n) is 1.36. The van der Waals surface area contributed by atoms with E-state index in [0.717, 1.165) is 17.0 Å². The first kappa shape index (κ1) is 11.2. The van der Waals surface area contributed by atoms with Crippen molar-refractivity contribution in [2.75, 3.05) is 26.1 Å². The minimum absolute atomic E-state index is 0.254. The molecule has 0 spiro atoms. The zero-order chi connectivity index (χ0) is 11.3.